The molecule has 4 rings (SSSR count). The van der Waals surface area contributed by atoms with E-state index in [4.69, 9.17) is 25.8 Å². The van der Waals surface area contributed by atoms with Gasteiger partial charge in [-0.1, -0.05) is 23.7 Å². The number of anilines is 1. The molecule has 2 aromatic carbocycles. The zero-order valence-electron chi connectivity index (χ0n) is 18.9. The fourth-order valence-corrected chi connectivity index (χ4v) is 4.60. The van der Waals surface area contributed by atoms with Crippen molar-refractivity contribution in [2.45, 2.75) is 25.0 Å². The van der Waals surface area contributed by atoms with Crippen molar-refractivity contribution in [2.75, 3.05) is 52.3 Å². The van der Waals surface area contributed by atoms with Crippen molar-refractivity contribution < 1.29 is 23.4 Å². The van der Waals surface area contributed by atoms with Gasteiger partial charge in [0.1, 0.15) is 29.5 Å². The van der Waals surface area contributed by atoms with Gasteiger partial charge in [0.2, 0.25) is 0 Å². The molecule has 0 bridgehead atoms. The number of benzene rings is 2. The summed E-state index contributed by atoms with van der Waals surface area (Å²) in [6.07, 6.45) is 1.25. The van der Waals surface area contributed by atoms with E-state index in [-0.39, 0.29) is 11.9 Å². The molecule has 0 aromatic heterocycles. The van der Waals surface area contributed by atoms with Crippen LogP contribution in [-0.2, 0) is 11.3 Å². The largest absolute Gasteiger partial charge is 0.495 e. The number of likely N-dealkylation sites (tertiary alicyclic amines) is 1. The molecule has 2 aliphatic rings. The second-order valence-electron chi connectivity index (χ2n) is 8.46. The summed E-state index contributed by atoms with van der Waals surface area (Å²) >= 11 is 6.17. The summed E-state index contributed by atoms with van der Waals surface area (Å²) in [5.41, 5.74) is 1.37. The average Bonchev–Trinajstić information content (AvgIpc) is 3.12. The molecule has 1 amide bonds. The Labute approximate surface area is 198 Å². The third-order valence-electron chi connectivity index (χ3n) is 6.27. The summed E-state index contributed by atoms with van der Waals surface area (Å²) < 4.78 is 30.1. The fourth-order valence-electron chi connectivity index (χ4n) is 4.36. The first-order chi connectivity index (χ1) is 15.9. The van der Waals surface area contributed by atoms with E-state index >= 15 is 0 Å². The number of nitrogens with zero attached hydrogens (tertiary/aromatic N) is 2. The normalized spacial score (nSPS) is 17.8. The summed E-state index contributed by atoms with van der Waals surface area (Å²) in [6, 6.07) is 10.1. The van der Waals surface area contributed by atoms with E-state index < -0.39 is 5.60 Å². The second kappa shape index (κ2) is 10.1. The lowest BCUT2D eigenvalue weighted by atomic mass is 9.91. The highest BCUT2D eigenvalue weighted by atomic mass is 35.5. The number of amides is 1. The van der Waals surface area contributed by atoms with E-state index in [1.54, 1.807) is 31.2 Å². The zero-order chi connectivity index (χ0) is 23.4. The van der Waals surface area contributed by atoms with Gasteiger partial charge in [-0.25, -0.2) is 9.18 Å². The molecule has 0 aliphatic carbocycles. The lowest BCUT2D eigenvalue weighted by Crippen LogP contribution is -2.46. The van der Waals surface area contributed by atoms with Crippen LogP contribution in [-0.4, -0.2) is 68.4 Å². The maximum absolute atomic E-state index is 13.1. The molecule has 0 saturated carbocycles. The Bertz CT molecular complexity index is 980. The summed E-state index contributed by atoms with van der Waals surface area (Å²) in [5, 5.41) is 3.54. The lowest BCUT2D eigenvalue weighted by Gasteiger charge is -2.37. The first kappa shape index (κ1) is 23.4. The summed E-state index contributed by atoms with van der Waals surface area (Å²) in [6.45, 7) is 3.72. The summed E-state index contributed by atoms with van der Waals surface area (Å²) in [4.78, 5) is 16.5. The maximum Gasteiger partial charge on any atom is 0.410 e. The molecule has 1 N–H and O–H groups in total. The molecule has 2 aromatic rings. The quantitative estimate of drug-likeness (QED) is 0.608. The molecule has 2 aliphatic heterocycles. The van der Waals surface area contributed by atoms with Crippen LogP contribution in [0.5, 0.6) is 11.5 Å². The van der Waals surface area contributed by atoms with Gasteiger partial charge in [-0.3, -0.25) is 4.90 Å². The minimum Gasteiger partial charge on any atom is -0.495 e. The van der Waals surface area contributed by atoms with E-state index in [1.807, 2.05) is 12.1 Å². The van der Waals surface area contributed by atoms with E-state index in [9.17, 15) is 9.18 Å². The molecule has 2 saturated heterocycles. The van der Waals surface area contributed by atoms with Gasteiger partial charge in [0, 0.05) is 45.6 Å². The number of hydrogen-bond donors (Lipinski definition) is 1. The maximum atomic E-state index is 13.1. The Balaban J connectivity index is 1.28. The number of ether oxygens (including phenoxy) is 3. The first-order valence-electron chi connectivity index (χ1n) is 11.0. The Hall–Kier alpha value is -2.71. The predicted octanol–water partition coefficient (Wildman–Crippen LogP) is 4.40. The number of nitrogens with one attached hydrogen (secondary N) is 1. The van der Waals surface area contributed by atoms with Crippen molar-refractivity contribution in [3.8, 4) is 11.5 Å². The van der Waals surface area contributed by atoms with Gasteiger partial charge in [0.25, 0.3) is 0 Å². The molecule has 2 heterocycles. The third kappa shape index (κ3) is 5.45. The van der Waals surface area contributed by atoms with Gasteiger partial charge >= 0.3 is 6.09 Å². The molecular weight excluding hydrogens is 449 g/mol. The van der Waals surface area contributed by atoms with Gasteiger partial charge < -0.3 is 24.4 Å². The topological polar surface area (TPSA) is 63.3 Å². The van der Waals surface area contributed by atoms with Crippen molar-refractivity contribution in [3.05, 3.63) is 52.8 Å². The number of piperidine rings is 1. The van der Waals surface area contributed by atoms with Crippen molar-refractivity contribution in [2.24, 2.45) is 0 Å². The Morgan fingerprint density at radius 3 is 2.58 bits per heavy atom. The molecule has 1 spiro atoms. The smallest absolute Gasteiger partial charge is 0.410 e. The third-order valence-corrected chi connectivity index (χ3v) is 6.57. The van der Waals surface area contributed by atoms with Crippen LogP contribution >= 0.6 is 11.6 Å². The first-order valence-corrected chi connectivity index (χ1v) is 11.4. The highest BCUT2D eigenvalue weighted by molar-refractivity contribution is 6.32. The number of rotatable bonds is 8. The summed E-state index contributed by atoms with van der Waals surface area (Å²) in [7, 11) is 3.34. The van der Waals surface area contributed by atoms with E-state index in [2.05, 4.69) is 10.2 Å². The Morgan fingerprint density at radius 1 is 1.18 bits per heavy atom. The molecule has 0 radical (unpaired) electrons. The van der Waals surface area contributed by atoms with Gasteiger partial charge in [-0.2, -0.15) is 0 Å². The zero-order valence-corrected chi connectivity index (χ0v) is 19.7. The standard InChI is InChI=1S/C24H29ClFN3O4/c1-27-20-13-19(25)21(31-2)14-22(20)32-12-11-29-16-24(33-23(29)30)7-9-28(10-8-24)15-17-3-5-18(26)6-4-17/h3-6,13-14,27H,7-12,15-16H2,1-2H3. The Morgan fingerprint density at radius 2 is 1.91 bits per heavy atom. The van der Waals surface area contributed by atoms with Crippen molar-refractivity contribution in [1.29, 1.82) is 0 Å². The van der Waals surface area contributed by atoms with Gasteiger partial charge in [-0.15, -0.1) is 0 Å². The number of methoxy groups -OCH3 is 1. The molecule has 9 heteroatoms. The monoisotopic (exact) mass is 477 g/mol. The van der Waals surface area contributed by atoms with Crippen LogP contribution in [0.15, 0.2) is 36.4 Å². The van der Waals surface area contributed by atoms with E-state index in [0.717, 1.165) is 43.7 Å². The molecular formula is C24H29ClFN3O4. The molecule has 0 atom stereocenters. The molecule has 7 nitrogen and oxygen atoms in total. The molecule has 33 heavy (non-hydrogen) atoms. The summed E-state index contributed by atoms with van der Waals surface area (Å²) in [5.74, 6) is 0.906. The van der Waals surface area contributed by atoms with Crippen LogP contribution in [0, 0.1) is 5.82 Å². The SMILES string of the molecule is CNc1cc(Cl)c(OC)cc1OCCN1CC2(CCN(Cc3ccc(F)cc3)CC2)OC1=O. The average molecular weight is 478 g/mol. The fraction of sp³-hybridized carbons (Fsp3) is 0.458. The van der Waals surface area contributed by atoms with E-state index in [1.165, 1.54) is 12.1 Å². The number of halogens is 2. The predicted molar refractivity (Wildman–Crippen MR) is 125 cm³/mol. The van der Waals surface area contributed by atoms with Crippen molar-refractivity contribution in [3.63, 3.8) is 0 Å². The van der Waals surface area contributed by atoms with Crippen molar-refractivity contribution >= 4 is 23.4 Å². The minimum atomic E-state index is -0.448. The van der Waals surface area contributed by atoms with Gasteiger partial charge in [0.05, 0.1) is 30.9 Å². The van der Waals surface area contributed by atoms with Crippen LogP contribution < -0.4 is 14.8 Å². The minimum absolute atomic E-state index is 0.226. The van der Waals surface area contributed by atoms with Gasteiger partial charge in [-0.05, 0) is 23.8 Å². The van der Waals surface area contributed by atoms with E-state index in [0.29, 0.717) is 36.2 Å². The Kier molecular flexibility index (Phi) is 7.14. The van der Waals surface area contributed by atoms with Crippen LogP contribution in [0.1, 0.15) is 18.4 Å². The van der Waals surface area contributed by atoms with Crippen molar-refractivity contribution in [1.82, 2.24) is 9.80 Å². The van der Waals surface area contributed by atoms with Crippen LogP contribution in [0.25, 0.3) is 0 Å². The highest BCUT2D eigenvalue weighted by Gasteiger charge is 2.46. The van der Waals surface area contributed by atoms with Gasteiger partial charge in [0.15, 0.2) is 0 Å². The molecule has 2 fully saturated rings. The number of hydrogen-bond acceptors (Lipinski definition) is 6. The lowest BCUT2D eigenvalue weighted by molar-refractivity contribution is -0.00125. The number of carbonyl (C=O) groups is 1. The number of carbonyl (C=O) groups excluding carboxylic acids is 1. The molecule has 0 unspecified atom stereocenters. The molecule has 178 valence electrons. The highest BCUT2D eigenvalue weighted by Crippen LogP contribution is 2.36. The van der Waals surface area contributed by atoms with Crippen LogP contribution in [0.2, 0.25) is 5.02 Å². The van der Waals surface area contributed by atoms with Crippen LogP contribution in [0.3, 0.4) is 0 Å². The second-order valence-corrected chi connectivity index (χ2v) is 8.86. The van der Waals surface area contributed by atoms with Crippen LogP contribution in [0.4, 0.5) is 14.9 Å².